The minimum Gasteiger partial charge on any atom is -0.496 e. The fraction of sp³-hybridized carbons (Fsp3) is 0.296. The molecule has 4 heteroatoms. The summed E-state index contributed by atoms with van der Waals surface area (Å²) in [6.45, 7) is 10.8. The van der Waals surface area contributed by atoms with E-state index in [0.717, 1.165) is 33.7 Å². The zero-order valence-corrected chi connectivity index (χ0v) is 19.2. The van der Waals surface area contributed by atoms with Gasteiger partial charge in [-0.1, -0.05) is 57.2 Å². The Balaban J connectivity index is 1.84. The van der Waals surface area contributed by atoms with Gasteiger partial charge in [0, 0.05) is 16.8 Å². The van der Waals surface area contributed by atoms with Gasteiger partial charge in [0.05, 0.1) is 7.11 Å². The third-order valence-corrected chi connectivity index (χ3v) is 5.34. The van der Waals surface area contributed by atoms with E-state index in [1.165, 1.54) is 0 Å². The Labute approximate surface area is 185 Å². The highest BCUT2D eigenvalue weighted by Gasteiger charge is 2.19. The second kappa shape index (κ2) is 9.25. The Kier molecular flexibility index (Phi) is 6.69. The molecule has 0 aromatic heterocycles. The molecular weight excluding hydrogens is 386 g/mol. The molecule has 0 aliphatic rings. The summed E-state index contributed by atoms with van der Waals surface area (Å²) in [6.07, 6.45) is 0. The van der Waals surface area contributed by atoms with Gasteiger partial charge in [-0.25, -0.2) is 0 Å². The molecule has 1 amide bonds. The number of methoxy groups -OCH3 is 1. The van der Waals surface area contributed by atoms with Gasteiger partial charge in [0.2, 0.25) is 0 Å². The maximum Gasteiger partial charge on any atom is 0.255 e. The van der Waals surface area contributed by atoms with E-state index < -0.39 is 0 Å². The van der Waals surface area contributed by atoms with E-state index in [-0.39, 0.29) is 11.3 Å². The van der Waals surface area contributed by atoms with Crippen LogP contribution in [0.4, 0.5) is 5.69 Å². The van der Waals surface area contributed by atoms with E-state index in [1.54, 1.807) is 13.2 Å². The van der Waals surface area contributed by atoms with Crippen LogP contribution in [0.15, 0.2) is 60.7 Å². The van der Waals surface area contributed by atoms with Crippen molar-refractivity contribution in [2.75, 3.05) is 12.4 Å². The molecule has 31 heavy (non-hydrogen) atoms. The first kappa shape index (κ1) is 22.4. The first-order chi connectivity index (χ1) is 14.7. The van der Waals surface area contributed by atoms with Crippen molar-refractivity contribution in [3.05, 3.63) is 88.5 Å². The molecule has 0 aliphatic carbocycles. The van der Waals surface area contributed by atoms with Gasteiger partial charge in [-0.3, -0.25) is 4.79 Å². The highest BCUT2D eigenvalue weighted by atomic mass is 16.5. The van der Waals surface area contributed by atoms with Crippen molar-refractivity contribution >= 4 is 11.6 Å². The number of hydrogen-bond acceptors (Lipinski definition) is 3. The fourth-order valence-corrected chi connectivity index (χ4v) is 3.60. The highest BCUT2D eigenvalue weighted by molar-refractivity contribution is 6.05. The zero-order chi connectivity index (χ0) is 22.6. The number of carbonyl (C=O) groups is 1. The Hall–Kier alpha value is -3.27. The van der Waals surface area contributed by atoms with Crippen molar-refractivity contribution in [3.8, 4) is 11.5 Å². The van der Waals surface area contributed by atoms with Crippen LogP contribution < -0.4 is 14.8 Å². The summed E-state index contributed by atoms with van der Waals surface area (Å²) in [5, 5.41) is 3.04. The maximum absolute atomic E-state index is 12.9. The molecule has 162 valence electrons. The van der Waals surface area contributed by atoms with Crippen LogP contribution in [0.1, 0.15) is 53.4 Å². The van der Waals surface area contributed by atoms with Gasteiger partial charge in [-0.05, 0) is 60.2 Å². The third kappa shape index (κ3) is 5.26. The first-order valence-electron chi connectivity index (χ1n) is 10.5. The summed E-state index contributed by atoms with van der Waals surface area (Å²) in [7, 11) is 1.62. The number of nitrogens with one attached hydrogen (secondary N) is 1. The Bertz CT molecular complexity index is 1060. The van der Waals surface area contributed by atoms with E-state index >= 15 is 0 Å². The Morgan fingerprint density at radius 2 is 1.58 bits per heavy atom. The Morgan fingerprint density at radius 3 is 2.23 bits per heavy atom. The summed E-state index contributed by atoms with van der Waals surface area (Å²) in [5.41, 5.74) is 5.39. The van der Waals surface area contributed by atoms with Crippen LogP contribution in [0.3, 0.4) is 0 Å². The van der Waals surface area contributed by atoms with Crippen molar-refractivity contribution in [1.29, 1.82) is 0 Å². The smallest absolute Gasteiger partial charge is 0.255 e. The van der Waals surface area contributed by atoms with Gasteiger partial charge in [-0.15, -0.1) is 0 Å². The van der Waals surface area contributed by atoms with Crippen LogP contribution in [0.2, 0.25) is 0 Å². The number of hydrogen-bond donors (Lipinski definition) is 1. The largest absolute Gasteiger partial charge is 0.496 e. The fourth-order valence-electron chi connectivity index (χ4n) is 3.60. The summed E-state index contributed by atoms with van der Waals surface area (Å²) in [5.74, 6) is 1.37. The van der Waals surface area contributed by atoms with Crippen molar-refractivity contribution in [2.24, 2.45) is 0 Å². The van der Waals surface area contributed by atoms with Gasteiger partial charge >= 0.3 is 0 Å². The number of amides is 1. The lowest BCUT2D eigenvalue weighted by Crippen LogP contribution is -2.15. The number of benzene rings is 3. The lowest BCUT2D eigenvalue weighted by atomic mass is 9.86. The summed E-state index contributed by atoms with van der Waals surface area (Å²) < 4.78 is 11.7. The van der Waals surface area contributed by atoms with E-state index in [0.29, 0.717) is 17.9 Å². The molecule has 3 aromatic carbocycles. The molecule has 0 aliphatic heterocycles. The van der Waals surface area contributed by atoms with E-state index in [4.69, 9.17) is 9.47 Å². The highest BCUT2D eigenvalue weighted by Crippen LogP contribution is 2.32. The number of anilines is 1. The van der Waals surface area contributed by atoms with Gasteiger partial charge in [0.1, 0.15) is 18.1 Å². The number of para-hydroxylation sites is 2. The quantitative estimate of drug-likeness (QED) is 0.502. The number of ether oxygens (including phenoxy) is 2. The van der Waals surface area contributed by atoms with E-state index in [2.05, 4.69) is 32.2 Å². The van der Waals surface area contributed by atoms with Crippen LogP contribution in [0.5, 0.6) is 11.5 Å². The summed E-state index contributed by atoms with van der Waals surface area (Å²) in [4.78, 5) is 12.9. The molecule has 0 unspecified atom stereocenters. The normalized spacial score (nSPS) is 11.2. The average Bonchev–Trinajstić information content (AvgIpc) is 2.74. The van der Waals surface area contributed by atoms with Gasteiger partial charge < -0.3 is 14.8 Å². The van der Waals surface area contributed by atoms with Crippen LogP contribution in [-0.2, 0) is 12.0 Å². The third-order valence-electron chi connectivity index (χ3n) is 5.34. The van der Waals surface area contributed by atoms with Gasteiger partial charge in [0.15, 0.2) is 0 Å². The monoisotopic (exact) mass is 417 g/mol. The molecular formula is C27H31NO3. The second-order valence-electron chi connectivity index (χ2n) is 8.78. The number of rotatable bonds is 6. The molecule has 3 aromatic rings. The minimum absolute atomic E-state index is 0.0339. The van der Waals surface area contributed by atoms with Crippen LogP contribution in [0, 0.1) is 13.8 Å². The number of aryl methyl sites for hydroxylation is 2. The van der Waals surface area contributed by atoms with Crippen LogP contribution in [0.25, 0.3) is 0 Å². The summed E-state index contributed by atoms with van der Waals surface area (Å²) in [6, 6.07) is 19.4. The molecule has 0 atom stereocenters. The zero-order valence-electron chi connectivity index (χ0n) is 19.2. The van der Waals surface area contributed by atoms with E-state index in [1.807, 2.05) is 62.4 Å². The molecule has 3 rings (SSSR count). The average molecular weight is 418 g/mol. The minimum atomic E-state index is -0.156. The molecule has 0 spiro atoms. The molecule has 1 N–H and O–H groups in total. The summed E-state index contributed by atoms with van der Waals surface area (Å²) >= 11 is 0. The van der Waals surface area contributed by atoms with Crippen molar-refractivity contribution in [3.63, 3.8) is 0 Å². The molecule has 0 fully saturated rings. The molecule has 4 nitrogen and oxygen atoms in total. The standard InChI is InChI=1S/C27H31NO3/c1-18-10-9-11-19(2)25(18)28-26(29)20-14-15-23(30-6)21(16-20)17-31-24-13-8-7-12-22(24)27(3,4)5/h7-16H,17H2,1-6H3,(H,28,29). The lowest BCUT2D eigenvalue weighted by Gasteiger charge is -2.23. The lowest BCUT2D eigenvalue weighted by molar-refractivity contribution is 0.102. The molecule has 0 heterocycles. The molecule has 0 saturated heterocycles. The predicted octanol–water partition coefficient (Wildman–Crippen LogP) is 6.44. The SMILES string of the molecule is COc1ccc(C(=O)Nc2c(C)cccc2C)cc1COc1ccccc1C(C)(C)C. The second-order valence-corrected chi connectivity index (χ2v) is 8.78. The first-order valence-corrected chi connectivity index (χ1v) is 10.5. The van der Waals surface area contributed by atoms with Crippen LogP contribution >= 0.6 is 0 Å². The maximum atomic E-state index is 12.9. The van der Waals surface area contributed by atoms with Crippen LogP contribution in [-0.4, -0.2) is 13.0 Å². The van der Waals surface area contributed by atoms with E-state index in [9.17, 15) is 4.79 Å². The van der Waals surface area contributed by atoms with Crippen molar-refractivity contribution in [2.45, 2.75) is 46.6 Å². The predicted molar refractivity (Wildman–Crippen MR) is 126 cm³/mol. The molecule has 0 bridgehead atoms. The Morgan fingerprint density at radius 1 is 0.903 bits per heavy atom. The molecule has 0 radical (unpaired) electrons. The van der Waals surface area contributed by atoms with Crippen molar-refractivity contribution < 1.29 is 14.3 Å². The van der Waals surface area contributed by atoms with Gasteiger partial charge in [-0.2, -0.15) is 0 Å². The number of carbonyl (C=O) groups excluding carboxylic acids is 1. The van der Waals surface area contributed by atoms with Gasteiger partial charge in [0.25, 0.3) is 5.91 Å². The molecule has 0 saturated carbocycles. The van der Waals surface area contributed by atoms with Crippen molar-refractivity contribution in [1.82, 2.24) is 0 Å². The topological polar surface area (TPSA) is 47.6 Å².